The number of anilines is 1. The molecule has 2 amide bonds. The fraction of sp³-hybridized carbons (Fsp3) is 0.462. The summed E-state index contributed by atoms with van der Waals surface area (Å²) in [4.78, 5) is 15.5. The molecule has 1 aromatic rings. The summed E-state index contributed by atoms with van der Waals surface area (Å²) in [5, 5.41) is 0. The predicted molar refractivity (Wildman–Crippen MR) is 69.7 cm³/mol. The number of carbonyl (C=O) groups excluding carboxylic acids is 1. The zero-order valence-electron chi connectivity index (χ0n) is 10.9. The summed E-state index contributed by atoms with van der Waals surface area (Å²) in [5.41, 5.74) is 0.834. The fourth-order valence-electron chi connectivity index (χ4n) is 1.64. The Balaban J connectivity index is 2.87. The molecule has 4 heteroatoms. The Morgan fingerprint density at radius 1 is 1.29 bits per heavy atom. The van der Waals surface area contributed by atoms with Crippen LogP contribution < -0.4 is 9.64 Å². The summed E-state index contributed by atoms with van der Waals surface area (Å²) >= 11 is 0. The molecule has 0 unspecified atom stereocenters. The molecule has 0 heterocycles. The highest BCUT2D eigenvalue weighted by Crippen LogP contribution is 2.20. The number of carbonyl (C=O) groups is 1. The van der Waals surface area contributed by atoms with E-state index in [0.29, 0.717) is 13.1 Å². The maximum absolute atomic E-state index is 12.1. The van der Waals surface area contributed by atoms with Crippen molar-refractivity contribution in [2.24, 2.45) is 0 Å². The van der Waals surface area contributed by atoms with Crippen LogP contribution >= 0.6 is 0 Å². The first-order chi connectivity index (χ1) is 8.13. The lowest BCUT2D eigenvalue weighted by Crippen LogP contribution is -2.41. The zero-order valence-corrected chi connectivity index (χ0v) is 10.9. The van der Waals surface area contributed by atoms with Crippen LogP contribution in [0.1, 0.15) is 13.8 Å². The van der Waals surface area contributed by atoms with Gasteiger partial charge in [-0.25, -0.2) is 4.79 Å². The smallest absolute Gasteiger partial charge is 0.324 e. The molecule has 0 saturated heterocycles. The van der Waals surface area contributed by atoms with E-state index < -0.39 is 0 Å². The number of methoxy groups -OCH3 is 1. The molecule has 94 valence electrons. The van der Waals surface area contributed by atoms with Crippen molar-refractivity contribution in [3.63, 3.8) is 0 Å². The number of nitrogens with zero attached hydrogens (tertiary/aromatic N) is 2. The number of hydrogen-bond acceptors (Lipinski definition) is 2. The van der Waals surface area contributed by atoms with E-state index in [1.807, 2.05) is 38.1 Å². The monoisotopic (exact) mass is 236 g/mol. The molecule has 0 aliphatic heterocycles. The largest absolute Gasteiger partial charge is 0.497 e. The number of rotatable bonds is 4. The number of benzene rings is 1. The molecule has 0 radical (unpaired) electrons. The number of urea groups is 1. The molecule has 0 atom stereocenters. The first-order valence-corrected chi connectivity index (χ1v) is 5.80. The van der Waals surface area contributed by atoms with E-state index in [2.05, 4.69) is 0 Å². The van der Waals surface area contributed by atoms with Crippen LogP contribution in [0.5, 0.6) is 5.75 Å². The molecule has 0 N–H and O–H groups in total. The third-order valence-electron chi connectivity index (χ3n) is 2.76. The first-order valence-electron chi connectivity index (χ1n) is 5.80. The van der Waals surface area contributed by atoms with Gasteiger partial charge in [0, 0.05) is 31.9 Å². The molecule has 0 spiro atoms. The summed E-state index contributed by atoms with van der Waals surface area (Å²) in [5.74, 6) is 0.752. The normalized spacial score (nSPS) is 9.88. The van der Waals surface area contributed by atoms with E-state index in [4.69, 9.17) is 4.74 Å². The van der Waals surface area contributed by atoms with Gasteiger partial charge in [-0.3, -0.25) is 4.90 Å². The fourth-order valence-corrected chi connectivity index (χ4v) is 1.64. The Labute approximate surface area is 103 Å². The van der Waals surface area contributed by atoms with Crippen molar-refractivity contribution in [3.05, 3.63) is 24.3 Å². The van der Waals surface area contributed by atoms with E-state index in [1.165, 1.54) is 0 Å². The summed E-state index contributed by atoms with van der Waals surface area (Å²) in [6.45, 7) is 5.37. The van der Waals surface area contributed by atoms with Crippen LogP contribution in [0.15, 0.2) is 24.3 Å². The van der Waals surface area contributed by atoms with E-state index >= 15 is 0 Å². The van der Waals surface area contributed by atoms with Crippen molar-refractivity contribution in [2.45, 2.75) is 13.8 Å². The average molecular weight is 236 g/mol. The minimum atomic E-state index is 0.00301. The lowest BCUT2D eigenvalue weighted by Gasteiger charge is -2.26. The molecule has 0 aliphatic carbocycles. The van der Waals surface area contributed by atoms with Gasteiger partial charge < -0.3 is 9.64 Å². The molecule has 0 fully saturated rings. The van der Waals surface area contributed by atoms with Gasteiger partial charge >= 0.3 is 6.03 Å². The Morgan fingerprint density at radius 2 is 1.94 bits per heavy atom. The van der Waals surface area contributed by atoms with Crippen molar-refractivity contribution >= 4 is 11.7 Å². The second-order valence-electron chi connectivity index (χ2n) is 3.72. The first kappa shape index (κ1) is 13.4. The maximum atomic E-state index is 12.1. The third-order valence-corrected chi connectivity index (χ3v) is 2.76. The molecule has 0 bridgehead atoms. The molecule has 17 heavy (non-hydrogen) atoms. The summed E-state index contributed by atoms with van der Waals surface area (Å²) < 4.78 is 5.15. The van der Waals surface area contributed by atoms with Crippen LogP contribution in [0.2, 0.25) is 0 Å². The lowest BCUT2D eigenvalue weighted by molar-refractivity contribution is 0.211. The highest BCUT2D eigenvalue weighted by molar-refractivity contribution is 5.91. The van der Waals surface area contributed by atoms with Gasteiger partial charge in [-0.15, -0.1) is 0 Å². The van der Waals surface area contributed by atoms with Crippen molar-refractivity contribution in [2.75, 3.05) is 32.1 Å². The highest BCUT2D eigenvalue weighted by atomic mass is 16.5. The van der Waals surface area contributed by atoms with Crippen molar-refractivity contribution in [1.29, 1.82) is 0 Å². The number of hydrogen-bond donors (Lipinski definition) is 0. The zero-order chi connectivity index (χ0) is 12.8. The van der Waals surface area contributed by atoms with Crippen LogP contribution in [0.3, 0.4) is 0 Å². The maximum Gasteiger partial charge on any atom is 0.324 e. The minimum absolute atomic E-state index is 0.00301. The molecule has 1 aromatic carbocycles. The molecule has 0 aliphatic rings. The number of ether oxygens (including phenoxy) is 1. The van der Waals surface area contributed by atoms with Gasteiger partial charge in [-0.05, 0) is 26.0 Å². The van der Waals surface area contributed by atoms with Gasteiger partial charge in [-0.1, -0.05) is 6.07 Å². The second kappa shape index (κ2) is 6.13. The molecular formula is C13H20N2O2. The van der Waals surface area contributed by atoms with E-state index in [9.17, 15) is 4.79 Å². The second-order valence-corrected chi connectivity index (χ2v) is 3.72. The molecule has 0 aromatic heterocycles. The van der Waals surface area contributed by atoms with Gasteiger partial charge in [0.25, 0.3) is 0 Å². The SMILES string of the molecule is CCN(CC)C(=O)N(C)c1cccc(OC)c1. The van der Waals surface area contributed by atoms with E-state index in [1.54, 1.807) is 24.0 Å². The van der Waals surface area contributed by atoms with Crippen LogP contribution in [-0.4, -0.2) is 38.2 Å². The van der Waals surface area contributed by atoms with E-state index in [0.717, 1.165) is 11.4 Å². The Morgan fingerprint density at radius 3 is 2.47 bits per heavy atom. The number of amides is 2. The van der Waals surface area contributed by atoms with E-state index in [-0.39, 0.29) is 6.03 Å². The summed E-state index contributed by atoms with van der Waals surface area (Å²) in [6, 6.07) is 7.48. The minimum Gasteiger partial charge on any atom is -0.497 e. The van der Waals surface area contributed by atoms with Crippen LogP contribution in [-0.2, 0) is 0 Å². The van der Waals surface area contributed by atoms with Gasteiger partial charge in [0.1, 0.15) is 5.75 Å². The Kier molecular flexibility index (Phi) is 4.82. The standard InChI is InChI=1S/C13H20N2O2/c1-5-15(6-2)13(16)14(3)11-8-7-9-12(10-11)17-4/h7-10H,5-6H2,1-4H3. The van der Waals surface area contributed by atoms with Gasteiger partial charge in [0.2, 0.25) is 0 Å². The van der Waals surface area contributed by atoms with Crippen molar-refractivity contribution in [3.8, 4) is 5.75 Å². The van der Waals surface area contributed by atoms with Crippen LogP contribution in [0, 0.1) is 0 Å². The van der Waals surface area contributed by atoms with Crippen LogP contribution in [0.4, 0.5) is 10.5 Å². The summed E-state index contributed by atoms with van der Waals surface area (Å²) in [7, 11) is 3.39. The lowest BCUT2D eigenvalue weighted by atomic mass is 10.3. The summed E-state index contributed by atoms with van der Waals surface area (Å²) in [6.07, 6.45) is 0. The van der Waals surface area contributed by atoms with Crippen molar-refractivity contribution in [1.82, 2.24) is 4.90 Å². The highest BCUT2D eigenvalue weighted by Gasteiger charge is 2.16. The quantitative estimate of drug-likeness (QED) is 0.805. The topological polar surface area (TPSA) is 32.8 Å². The molecule has 0 saturated carbocycles. The van der Waals surface area contributed by atoms with Crippen molar-refractivity contribution < 1.29 is 9.53 Å². The van der Waals surface area contributed by atoms with Crippen LogP contribution in [0.25, 0.3) is 0 Å². The third kappa shape index (κ3) is 3.12. The molecular weight excluding hydrogens is 216 g/mol. The average Bonchev–Trinajstić information content (AvgIpc) is 2.39. The predicted octanol–water partition coefficient (Wildman–Crippen LogP) is 2.59. The molecule has 1 rings (SSSR count). The Bertz CT molecular complexity index is 375. The van der Waals surface area contributed by atoms with Gasteiger partial charge in [0.05, 0.1) is 7.11 Å². The van der Waals surface area contributed by atoms with Gasteiger partial charge in [-0.2, -0.15) is 0 Å². The molecule has 4 nitrogen and oxygen atoms in total. The van der Waals surface area contributed by atoms with Gasteiger partial charge in [0.15, 0.2) is 0 Å². The Hall–Kier alpha value is -1.71.